The van der Waals surface area contributed by atoms with Gasteiger partial charge in [-0.05, 0) is 56.5 Å². The summed E-state index contributed by atoms with van der Waals surface area (Å²) < 4.78 is 61.2. The molecule has 9 nitrogen and oxygen atoms in total. The highest BCUT2D eigenvalue weighted by Gasteiger charge is 2.39. The SMILES string of the molecule is COc1c(F)cc(F)cc1-c1ccc(C(=O)NS(=O)(=O)c2ccc[nH]c2=O)c(N2C[C@@H](C)CC2(C)C)n1. The van der Waals surface area contributed by atoms with Crippen LogP contribution in [0.3, 0.4) is 0 Å². The zero-order valence-corrected chi connectivity index (χ0v) is 21.4. The Bertz CT molecular complexity index is 1540. The van der Waals surface area contributed by atoms with Gasteiger partial charge in [0, 0.05) is 29.9 Å². The zero-order valence-electron chi connectivity index (χ0n) is 20.6. The number of pyridine rings is 2. The topological polar surface area (TPSA) is 121 Å². The molecule has 1 aliphatic heterocycles. The van der Waals surface area contributed by atoms with E-state index in [1.54, 1.807) is 0 Å². The summed E-state index contributed by atoms with van der Waals surface area (Å²) in [5.74, 6) is -2.64. The van der Waals surface area contributed by atoms with Crippen molar-refractivity contribution in [2.24, 2.45) is 5.92 Å². The number of nitrogens with one attached hydrogen (secondary N) is 2. The minimum absolute atomic E-state index is 0.0294. The van der Waals surface area contributed by atoms with Crippen LogP contribution in [-0.4, -0.2) is 43.5 Å². The van der Waals surface area contributed by atoms with E-state index in [1.165, 1.54) is 31.5 Å². The normalized spacial score (nSPS) is 17.0. The van der Waals surface area contributed by atoms with E-state index >= 15 is 0 Å². The van der Waals surface area contributed by atoms with E-state index < -0.39 is 43.6 Å². The number of hydrogen-bond donors (Lipinski definition) is 2. The van der Waals surface area contributed by atoms with Gasteiger partial charge in [-0.1, -0.05) is 6.92 Å². The summed E-state index contributed by atoms with van der Waals surface area (Å²) in [5, 5.41) is 0. The van der Waals surface area contributed by atoms with Gasteiger partial charge in [-0.25, -0.2) is 26.9 Å². The second-order valence-electron chi connectivity index (χ2n) is 9.57. The number of hydrogen-bond acceptors (Lipinski definition) is 7. The molecule has 0 bridgehead atoms. The molecule has 0 unspecified atom stereocenters. The maximum Gasteiger partial charge on any atom is 0.269 e. The Morgan fingerprint density at radius 2 is 1.97 bits per heavy atom. The van der Waals surface area contributed by atoms with Crippen molar-refractivity contribution in [2.45, 2.75) is 37.6 Å². The van der Waals surface area contributed by atoms with Gasteiger partial charge >= 0.3 is 0 Å². The smallest absolute Gasteiger partial charge is 0.269 e. The third-order valence-electron chi connectivity index (χ3n) is 6.24. The Kier molecular flexibility index (Phi) is 6.80. The summed E-state index contributed by atoms with van der Waals surface area (Å²) in [7, 11) is -3.27. The lowest BCUT2D eigenvalue weighted by atomic mass is 9.97. The van der Waals surface area contributed by atoms with E-state index in [-0.39, 0.29) is 34.3 Å². The summed E-state index contributed by atoms with van der Waals surface area (Å²) in [6, 6.07) is 6.83. The van der Waals surface area contributed by atoms with Crippen LogP contribution in [0.25, 0.3) is 11.3 Å². The van der Waals surface area contributed by atoms with Gasteiger partial charge in [0.05, 0.1) is 18.4 Å². The van der Waals surface area contributed by atoms with E-state index in [4.69, 9.17) is 4.74 Å². The minimum atomic E-state index is -4.51. The number of nitrogens with zero attached hydrogens (tertiary/aromatic N) is 2. The molecule has 196 valence electrons. The van der Waals surface area contributed by atoms with Crippen LogP contribution in [-0.2, 0) is 10.0 Å². The van der Waals surface area contributed by atoms with Crippen molar-refractivity contribution in [3.63, 3.8) is 0 Å². The maximum atomic E-state index is 14.4. The molecule has 12 heteroatoms. The van der Waals surface area contributed by atoms with Crippen LogP contribution in [0.5, 0.6) is 5.75 Å². The molecular formula is C25H26F2N4O5S. The molecule has 37 heavy (non-hydrogen) atoms. The number of aromatic amines is 1. The molecule has 0 saturated carbocycles. The van der Waals surface area contributed by atoms with Crippen LogP contribution in [0.4, 0.5) is 14.6 Å². The van der Waals surface area contributed by atoms with Crippen molar-refractivity contribution in [3.8, 4) is 17.0 Å². The number of methoxy groups -OCH3 is 1. The molecule has 3 aromatic rings. The van der Waals surface area contributed by atoms with Gasteiger partial charge in [0.25, 0.3) is 21.5 Å². The maximum absolute atomic E-state index is 14.4. The number of anilines is 1. The molecule has 1 aliphatic rings. The lowest BCUT2D eigenvalue weighted by molar-refractivity contribution is 0.0981. The summed E-state index contributed by atoms with van der Waals surface area (Å²) in [6.45, 7) is 6.44. The average Bonchev–Trinajstić information content (AvgIpc) is 3.09. The van der Waals surface area contributed by atoms with Crippen LogP contribution in [0.2, 0.25) is 0 Å². The van der Waals surface area contributed by atoms with Gasteiger partial charge in [-0.3, -0.25) is 9.59 Å². The van der Waals surface area contributed by atoms with Gasteiger partial charge in [0.15, 0.2) is 16.5 Å². The van der Waals surface area contributed by atoms with E-state index in [1.807, 2.05) is 30.4 Å². The van der Waals surface area contributed by atoms with Crippen LogP contribution in [0.1, 0.15) is 37.6 Å². The highest BCUT2D eigenvalue weighted by atomic mass is 32.2. The number of carbonyl (C=O) groups is 1. The number of sulfonamides is 1. The number of H-pyrrole nitrogens is 1. The Balaban J connectivity index is 1.85. The summed E-state index contributed by atoms with van der Waals surface area (Å²) in [5.41, 5.74) is -1.28. The lowest BCUT2D eigenvalue weighted by Crippen LogP contribution is -2.41. The fourth-order valence-corrected chi connectivity index (χ4v) is 5.77. The molecule has 1 fully saturated rings. The molecule has 0 radical (unpaired) electrons. The Morgan fingerprint density at radius 1 is 1.24 bits per heavy atom. The predicted octanol–water partition coefficient (Wildman–Crippen LogP) is 3.47. The first-order valence-electron chi connectivity index (χ1n) is 11.4. The predicted molar refractivity (Wildman–Crippen MR) is 133 cm³/mol. The fourth-order valence-electron chi connectivity index (χ4n) is 4.75. The minimum Gasteiger partial charge on any atom is -0.493 e. The van der Waals surface area contributed by atoms with Gasteiger partial charge < -0.3 is 14.6 Å². The van der Waals surface area contributed by atoms with E-state index in [2.05, 4.69) is 9.97 Å². The fraction of sp³-hybridized carbons (Fsp3) is 0.320. The number of rotatable bonds is 6. The molecule has 2 N–H and O–H groups in total. The van der Waals surface area contributed by atoms with Crippen LogP contribution in [0.15, 0.2) is 52.3 Å². The Morgan fingerprint density at radius 3 is 2.59 bits per heavy atom. The van der Waals surface area contributed by atoms with Crippen LogP contribution in [0, 0.1) is 17.6 Å². The third kappa shape index (κ3) is 5.06. The first-order chi connectivity index (χ1) is 17.3. The molecule has 1 amide bonds. The van der Waals surface area contributed by atoms with Crippen LogP contribution < -0.4 is 19.9 Å². The first kappa shape index (κ1) is 26.3. The van der Waals surface area contributed by atoms with E-state index in [9.17, 15) is 26.8 Å². The quantitative estimate of drug-likeness (QED) is 0.499. The second kappa shape index (κ2) is 9.58. The molecule has 0 spiro atoms. The molecule has 1 aromatic carbocycles. The third-order valence-corrected chi connectivity index (χ3v) is 7.59. The molecule has 1 saturated heterocycles. The zero-order chi connectivity index (χ0) is 27.1. The van der Waals surface area contributed by atoms with Crippen molar-refractivity contribution >= 4 is 21.7 Å². The summed E-state index contributed by atoms with van der Waals surface area (Å²) >= 11 is 0. The van der Waals surface area contributed by atoms with Crippen molar-refractivity contribution in [3.05, 3.63) is 70.1 Å². The number of aromatic nitrogens is 2. The van der Waals surface area contributed by atoms with Gasteiger partial charge in [0.2, 0.25) is 0 Å². The summed E-state index contributed by atoms with van der Waals surface area (Å²) in [4.78, 5) is 33.4. The van der Waals surface area contributed by atoms with Crippen LogP contribution >= 0.6 is 0 Å². The number of ether oxygens (including phenoxy) is 1. The number of benzene rings is 1. The van der Waals surface area contributed by atoms with Crippen molar-refractivity contribution in [1.82, 2.24) is 14.7 Å². The molecule has 0 aliphatic carbocycles. The molecular weight excluding hydrogens is 506 g/mol. The first-order valence-corrected chi connectivity index (χ1v) is 12.9. The second-order valence-corrected chi connectivity index (χ2v) is 11.2. The Hall–Kier alpha value is -3.80. The van der Waals surface area contributed by atoms with Crippen molar-refractivity contribution in [2.75, 3.05) is 18.6 Å². The van der Waals surface area contributed by atoms with E-state index in [0.717, 1.165) is 18.6 Å². The largest absolute Gasteiger partial charge is 0.493 e. The van der Waals surface area contributed by atoms with Crippen molar-refractivity contribution in [1.29, 1.82) is 0 Å². The summed E-state index contributed by atoms with van der Waals surface area (Å²) in [6.07, 6.45) is 2.03. The molecule has 2 aromatic heterocycles. The highest BCUT2D eigenvalue weighted by Crippen LogP contribution is 2.40. The molecule has 3 heterocycles. The lowest BCUT2D eigenvalue weighted by Gasteiger charge is -2.34. The standard InChI is InChI=1S/C25H26F2N4O5S/c1-14-12-25(2,3)31(13-14)22-16(23(32)30-37(34,35)20-6-5-9-28-24(20)33)7-8-19(29-22)17-10-15(26)11-18(27)21(17)36-4/h5-11,14H,12-13H2,1-4H3,(H,28,33)(H,30,32)/t14-/m0/s1. The van der Waals surface area contributed by atoms with E-state index in [0.29, 0.717) is 12.6 Å². The number of amides is 1. The van der Waals surface area contributed by atoms with Gasteiger partial charge in [0.1, 0.15) is 11.6 Å². The average molecular weight is 533 g/mol. The monoisotopic (exact) mass is 532 g/mol. The Labute approximate surface area is 212 Å². The molecule has 1 atom stereocenters. The molecule has 4 rings (SSSR count). The van der Waals surface area contributed by atoms with Gasteiger partial charge in [-0.2, -0.15) is 0 Å². The number of halogens is 2. The highest BCUT2D eigenvalue weighted by molar-refractivity contribution is 7.90. The van der Waals surface area contributed by atoms with Crippen molar-refractivity contribution < 1.29 is 26.7 Å². The van der Waals surface area contributed by atoms with Gasteiger partial charge in [-0.15, -0.1) is 0 Å². The number of carbonyl (C=O) groups excluding carboxylic acids is 1.